The fourth-order valence-electron chi connectivity index (χ4n) is 4.49. The second-order valence-electron chi connectivity index (χ2n) is 8.25. The van der Waals surface area contributed by atoms with Crippen LogP contribution in [-0.2, 0) is 23.6 Å². The molecule has 1 aliphatic heterocycles. The van der Waals surface area contributed by atoms with E-state index in [1.165, 1.54) is 22.6 Å². The van der Waals surface area contributed by atoms with E-state index in [4.69, 9.17) is 19.6 Å². The Balaban J connectivity index is 1.81. The summed E-state index contributed by atoms with van der Waals surface area (Å²) < 4.78 is 15.1. The zero-order valence-electron chi connectivity index (χ0n) is 19.0. The molecule has 0 saturated carbocycles. The molecule has 7 heteroatoms. The van der Waals surface area contributed by atoms with Gasteiger partial charge >= 0.3 is 0 Å². The van der Waals surface area contributed by atoms with Crippen molar-refractivity contribution in [2.24, 2.45) is 14.1 Å². The Kier molecular flexibility index (Phi) is 5.84. The SMILES string of the molecule is CCC(COC)c1nn(C)c2nc(-c3cc(N4CCOCC4)n(C)c3C)c(C)cc12. The number of hydrogen-bond donors (Lipinski definition) is 0. The lowest BCUT2D eigenvalue weighted by molar-refractivity contribution is 0.122. The summed E-state index contributed by atoms with van der Waals surface area (Å²) >= 11 is 0. The van der Waals surface area contributed by atoms with Crippen molar-refractivity contribution in [1.82, 2.24) is 19.3 Å². The topological polar surface area (TPSA) is 57.3 Å². The first kappa shape index (κ1) is 20.9. The van der Waals surface area contributed by atoms with E-state index in [2.05, 4.69) is 49.4 Å². The number of methoxy groups -OCH3 is 1. The lowest BCUT2D eigenvalue weighted by Crippen LogP contribution is -2.37. The van der Waals surface area contributed by atoms with Crippen molar-refractivity contribution in [3.05, 3.63) is 29.1 Å². The van der Waals surface area contributed by atoms with Gasteiger partial charge in [-0.2, -0.15) is 5.10 Å². The van der Waals surface area contributed by atoms with E-state index in [0.29, 0.717) is 6.61 Å². The van der Waals surface area contributed by atoms with E-state index in [-0.39, 0.29) is 5.92 Å². The maximum atomic E-state index is 5.53. The van der Waals surface area contributed by atoms with Gasteiger partial charge in [0.15, 0.2) is 5.65 Å². The minimum Gasteiger partial charge on any atom is -0.384 e. The zero-order valence-corrected chi connectivity index (χ0v) is 19.0. The van der Waals surface area contributed by atoms with Crippen LogP contribution in [0.3, 0.4) is 0 Å². The van der Waals surface area contributed by atoms with Gasteiger partial charge in [0.1, 0.15) is 5.82 Å². The number of morpholine rings is 1. The second-order valence-corrected chi connectivity index (χ2v) is 8.25. The van der Waals surface area contributed by atoms with Crippen LogP contribution in [0.15, 0.2) is 12.1 Å². The first-order valence-corrected chi connectivity index (χ1v) is 10.8. The lowest BCUT2D eigenvalue weighted by Gasteiger charge is -2.29. The molecular weight excluding hydrogens is 378 g/mol. The molecule has 1 aliphatic rings. The summed E-state index contributed by atoms with van der Waals surface area (Å²) in [6, 6.07) is 4.53. The molecule has 3 aromatic rings. The number of nitrogens with zero attached hydrogens (tertiary/aromatic N) is 5. The molecule has 0 N–H and O–H groups in total. The van der Waals surface area contributed by atoms with Crippen molar-refractivity contribution in [3.8, 4) is 11.3 Å². The van der Waals surface area contributed by atoms with Crippen molar-refractivity contribution in [2.75, 3.05) is 44.9 Å². The van der Waals surface area contributed by atoms with Crippen LogP contribution in [0.2, 0.25) is 0 Å². The van der Waals surface area contributed by atoms with Crippen molar-refractivity contribution in [3.63, 3.8) is 0 Å². The average Bonchev–Trinajstić information content (AvgIpc) is 3.22. The van der Waals surface area contributed by atoms with Gasteiger partial charge in [-0.25, -0.2) is 4.98 Å². The van der Waals surface area contributed by atoms with Crippen molar-refractivity contribution < 1.29 is 9.47 Å². The standard InChI is InChI=1S/C23H33N5O2/c1-7-17(14-29-6)22-19-12-15(2)21(24-23(19)27(5)25-22)18-13-20(26(4)16(18)3)28-8-10-30-11-9-28/h12-13,17H,7-11,14H2,1-6H3. The number of rotatable bonds is 6. The third-order valence-corrected chi connectivity index (χ3v) is 6.38. The summed E-state index contributed by atoms with van der Waals surface area (Å²) in [5.41, 5.74) is 6.62. The molecule has 0 spiro atoms. The zero-order chi connectivity index (χ0) is 21.4. The number of hydrogen-bond acceptors (Lipinski definition) is 5. The van der Waals surface area contributed by atoms with Crippen LogP contribution in [0.1, 0.15) is 36.2 Å². The monoisotopic (exact) mass is 411 g/mol. The van der Waals surface area contributed by atoms with E-state index in [1.807, 2.05) is 11.7 Å². The van der Waals surface area contributed by atoms with E-state index in [0.717, 1.165) is 55.1 Å². The van der Waals surface area contributed by atoms with Crippen LogP contribution < -0.4 is 4.90 Å². The highest BCUT2D eigenvalue weighted by Gasteiger charge is 2.23. The first-order chi connectivity index (χ1) is 14.5. The molecule has 1 saturated heterocycles. The number of fused-ring (bicyclic) bond motifs is 1. The third-order valence-electron chi connectivity index (χ3n) is 6.38. The van der Waals surface area contributed by atoms with Gasteiger partial charge < -0.3 is 18.9 Å². The number of pyridine rings is 1. The minimum absolute atomic E-state index is 0.275. The van der Waals surface area contributed by atoms with Crippen LogP contribution in [0.25, 0.3) is 22.3 Å². The van der Waals surface area contributed by atoms with E-state index in [9.17, 15) is 0 Å². The Morgan fingerprint density at radius 3 is 2.57 bits per heavy atom. The molecule has 0 amide bonds. The molecule has 0 bridgehead atoms. The van der Waals surface area contributed by atoms with Crippen LogP contribution in [0, 0.1) is 13.8 Å². The Labute approximate surface area is 178 Å². The molecule has 1 fully saturated rings. The van der Waals surface area contributed by atoms with E-state index >= 15 is 0 Å². The number of ether oxygens (including phenoxy) is 2. The highest BCUT2D eigenvalue weighted by atomic mass is 16.5. The summed E-state index contributed by atoms with van der Waals surface area (Å²) in [6.45, 7) is 10.6. The Morgan fingerprint density at radius 2 is 1.90 bits per heavy atom. The summed E-state index contributed by atoms with van der Waals surface area (Å²) in [5.74, 6) is 1.50. The van der Waals surface area contributed by atoms with Gasteiger partial charge in [0.2, 0.25) is 0 Å². The highest BCUT2D eigenvalue weighted by Crippen LogP contribution is 2.35. The minimum atomic E-state index is 0.275. The largest absolute Gasteiger partial charge is 0.384 e. The molecule has 1 unspecified atom stereocenters. The van der Waals surface area contributed by atoms with Gasteiger partial charge in [-0.1, -0.05) is 6.92 Å². The van der Waals surface area contributed by atoms with Crippen LogP contribution in [0.4, 0.5) is 5.82 Å². The van der Waals surface area contributed by atoms with Crippen LogP contribution in [0.5, 0.6) is 0 Å². The third kappa shape index (κ3) is 3.50. The molecule has 162 valence electrons. The number of aryl methyl sites for hydroxylation is 2. The maximum Gasteiger partial charge on any atom is 0.158 e. The average molecular weight is 412 g/mol. The van der Waals surface area contributed by atoms with Crippen LogP contribution >= 0.6 is 0 Å². The highest BCUT2D eigenvalue weighted by molar-refractivity contribution is 5.84. The first-order valence-electron chi connectivity index (χ1n) is 10.8. The summed E-state index contributed by atoms with van der Waals surface area (Å²) in [5, 5.41) is 5.95. The molecule has 1 atom stereocenters. The van der Waals surface area contributed by atoms with E-state index in [1.54, 1.807) is 7.11 Å². The van der Waals surface area contributed by atoms with Gasteiger partial charge in [0.05, 0.1) is 31.2 Å². The van der Waals surface area contributed by atoms with Gasteiger partial charge in [0.25, 0.3) is 0 Å². The molecule has 30 heavy (non-hydrogen) atoms. The normalized spacial score (nSPS) is 15.9. The fraction of sp³-hybridized carbons (Fsp3) is 0.565. The number of anilines is 1. The van der Waals surface area contributed by atoms with Crippen molar-refractivity contribution in [2.45, 2.75) is 33.1 Å². The fourth-order valence-corrected chi connectivity index (χ4v) is 4.49. The molecule has 3 aromatic heterocycles. The molecule has 0 aliphatic carbocycles. The smallest absolute Gasteiger partial charge is 0.158 e. The quantitative estimate of drug-likeness (QED) is 0.621. The molecule has 4 rings (SSSR count). The summed E-state index contributed by atoms with van der Waals surface area (Å²) in [4.78, 5) is 7.50. The van der Waals surface area contributed by atoms with Gasteiger partial charge in [-0.15, -0.1) is 0 Å². The van der Waals surface area contributed by atoms with Gasteiger partial charge in [-0.3, -0.25) is 4.68 Å². The Bertz CT molecular complexity index is 1050. The Hall–Kier alpha value is -2.38. The van der Waals surface area contributed by atoms with Crippen molar-refractivity contribution in [1.29, 1.82) is 0 Å². The summed E-state index contributed by atoms with van der Waals surface area (Å²) in [7, 11) is 5.87. The van der Waals surface area contributed by atoms with Gasteiger partial charge in [0, 0.05) is 56.9 Å². The van der Waals surface area contributed by atoms with Crippen LogP contribution in [-0.4, -0.2) is 59.4 Å². The summed E-state index contributed by atoms with van der Waals surface area (Å²) in [6.07, 6.45) is 0.988. The molecular formula is C23H33N5O2. The number of aromatic nitrogens is 4. The predicted molar refractivity (Wildman–Crippen MR) is 120 cm³/mol. The van der Waals surface area contributed by atoms with Gasteiger partial charge in [-0.05, 0) is 38.0 Å². The molecule has 4 heterocycles. The molecule has 0 aromatic carbocycles. The second kappa shape index (κ2) is 8.40. The molecule has 7 nitrogen and oxygen atoms in total. The Morgan fingerprint density at radius 1 is 1.17 bits per heavy atom. The maximum absolute atomic E-state index is 5.53. The molecule has 0 radical (unpaired) electrons. The predicted octanol–water partition coefficient (Wildman–Crippen LogP) is 3.57. The lowest BCUT2D eigenvalue weighted by atomic mass is 9.99. The van der Waals surface area contributed by atoms with E-state index < -0.39 is 0 Å². The van der Waals surface area contributed by atoms with Crippen molar-refractivity contribution >= 4 is 16.9 Å².